The highest BCUT2D eigenvalue weighted by Gasteiger charge is 2.27. The van der Waals surface area contributed by atoms with Crippen molar-refractivity contribution in [3.05, 3.63) is 29.8 Å². The maximum absolute atomic E-state index is 12.2. The first-order valence-corrected chi connectivity index (χ1v) is 9.12. The number of esters is 1. The van der Waals surface area contributed by atoms with Gasteiger partial charge in [-0.15, -0.1) is 0 Å². The molecule has 1 aliphatic rings. The Hall–Kier alpha value is -2.24. The normalized spacial score (nSPS) is 16.7. The largest absolute Gasteiger partial charge is 0.469 e. The van der Waals surface area contributed by atoms with Gasteiger partial charge < -0.3 is 19.7 Å². The molecular formula is C20H30N2O4. The van der Waals surface area contributed by atoms with E-state index in [1.165, 1.54) is 7.11 Å². The van der Waals surface area contributed by atoms with Crippen LogP contribution in [0.25, 0.3) is 0 Å². The summed E-state index contributed by atoms with van der Waals surface area (Å²) in [6, 6.07) is 8.05. The van der Waals surface area contributed by atoms with Crippen LogP contribution in [-0.2, 0) is 14.3 Å². The predicted octanol–water partition coefficient (Wildman–Crippen LogP) is 3.77. The molecule has 1 atom stereocenters. The summed E-state index contributed by atoms with van der Waals surface area (Å²) in [7, 11) is 1.40. The van der Waals surface area contributed by atoms with Gasteiger partial charge >= 0.3 is 12.1 Å². The number of rotatable bonds is 4. The number of likely N-dealkylation sites (tertiary alicyclic amines) is 1. The Labute approximate surface area is 155 Å². The Kier molecular flexibility index (Phi) is 6.51. The number of hydrogen-bond donors (Lipinski definition) is 1. The molecule has 2 rings (SSSR count). The summed E-state index contributed by atoms with van der Waals surface area (Å²) in [5.74, 6) is -0.579. The van der Waals surface area contributed by atoms with Crippen molar-refractivity contribution in [2.45, 2.75) is 58.1 Å². The Balaban J connectivity index is 1.96. The highest BCUT2D eigenvalue weighted by atomic mass is 16.6. The van der Waals surface area contributed by atoms with Crippen LogP contribution < -0.4 is 5.32 Å². The molecule has 1 heterocycles. The van der Waals surface area contributed by atoms with Crippen LogP contribution in [0.2, 0.25) is 0 Å². The molecule has 0 aromatic heterocycles. The van der Waals surface area contributed by atoms with E-state index in [0.29, 0.717) is 13.1 Å². The Morgan fingerprint density at radius 1 is 1.19 bits per heavy atom. The van der Waals surface area contributed by atoms with Gasteiger partial charge in [-0.2, -0.15) is 0 Å². The summed E-state index contributed by atoms with van der Waals surface area (Å²) in [6.07, 6.45) is 1.41. The topological polar surface area (TPSA) is 67.9 Å². The van der Waals surface area contributed by atoms with E-state index in [4.69, 9.17) is 9.47 Å². The standard InChI is InChI=1S/C20H30N2O4/c1-14(18(23)25-5)16-8-6-7-9-17(16)21-15-10-12-22(13-11-15)19(24)26-20(2,3)4/h6-9,14-15,21H,10-13H2,1-5H3. The van der Waals surface area contributed by atoms with Crippen molar-refractivity contribution in [2.24, 2.45) is 0 Å². The smallest absolute Gasteiger partial charge is 0.410 e. The zero-order valence-electron chi connectivity index (χ0n) is 16.4. The molecule has 1 fully saturated rings. The lowest BCUT2D eigenvalue weighted by atomic mass is 9.97. The van der Waals surface area contributed by atoms with Gasteiger partial charge in [0.05, 0.1) is 13.0 Å². The van der Waals surface area contributed by atoms with Gasteiger partial charge in [0.25, 0.3) is 0 Å². The van der Waals surface area contributed by atoms with Crippen LogP contribution in [-0.4, -0.2) is 48.8 Å². The van der Waals surface area contributed by atoms with Crippen molar-refractivity contribution in [3.8, 4) is 0 Å². The molecule has 1 amide bonds. The number of anilines is 1. The second-order valence-electron chi connectivity index (χ2n) is 7.72. The van der Waals surface area contributed by atoms with Crippen LogP contribution in [0.4, 0.5) is 10.5 Å². The molecule has 144 valence electrons. The number of nitrogens with zero attached hydrogens (tertiary/aromatic N) is 1. The van der Waals surface area contributed by atoms with Crippen LogP contribution in [0.3, 0.4) is 0 Å². The van der Waals surface area contributed by atoms with E-state index >= 15 is 0 Å². The third-order valence-corrected chi connectivity index (χ3v) is 4.49. The number of methoxy groups -OCH3 is 1. The molecule has 6 heteroatoms. The number of benzene rings is 1. The van der Waals surface area contributed by atoms with Gasteiger partial charge in [0.15, 0.2) is 0 Å². The maximum Gasteiger partial charge on any atom is 0.410 e. The molecule has 0 bridgehead atoms. The molecule has 0 spiro atoms. The van der Waals surface area contributed by atoms with Crippen molar-refractivity contribution in [1.82, 2.24) is 4.90 Å². The molecular weight excluding hydrogens is 332 g/mol. The Morgan fingerprint density at radius 2 is 1.81 bits per heavy atom. The highest BCUT2D eigenvalue weighted by molar-refractivity contribution is 5.80. The average Bonchev–Trinajstić information content (AvgIpc) is 2.60. The second-order valence-corrected chi connectivity index (χ2v) is 7.72. The maximum atomic E-state index is 12.2. The monoisotopic (exact) mass is 362 g/mol. The molecule has 1 aromatic carbocycles. The van der Waals surface area contributed by atoms with Gasteiger partial charge in [0.1, 0.15) is 5.60 Å². The first kappa shape index (κ1) is 20.1. The van der Waals surface area contributed by atoms with Gasteiger partial charge in [0, 0.05) is 24.8 Å². The van der Waals surface area contributed by atoms with E-state index in [1.54, 1.807) is 4.90 Å². The van der Waals surface area contributed by atoms with E-state index in [9.17, 15) is 9.59 Å². The molecule has 1 aliphatic heterocycles. The van der Waals surface area contributed by atoms with Crippen molar-refractivity contribution in [2.75, 3.05) is 25.5 Å². The number of carbonyl (C=O) groups is 2. The Bertz CT molecular complexity index is 631. The van der Waals surface area contributed by atoms with Crippen LogP contribution in [0.15, 0.2) is 24.3 Å². The molecule has 26 heavy (non-hydrogen) atoms. The minimum Gasteiger partial charge on any atom is -0.469 e. The summed E-state index contributed by atoms with van der Waals surface area (Å²) in [6.45, 7) is 8.77. The van der Waals surface area contributed by atoms with Gasteiger partial charge in [-0.25, -0.2) is 4.79 Å². The molecule has 6 nitrogen and oxygen atoms in total. The van der Waals surface area contributed by atoms with Crippen LogP contribution in [0, 0.1) is 0 Å². The number of hydrogen-bond acceptors (Lipinski definition) is 5. The lowest BCUT2D eigenvalue weighted by Crippen LogP contribution is -2.44. The Morgan fingerprint density at radius 3 is 2.38 bits per heavy atom. The van der Waals surface area contributed by atoms with Gasteiger partial charge in [-0.05, 0) is 52.2 Å². The molecule has 1 saturated heterocycles. The third kappa shape index (κ3) is 5.38. The lowest BCUT2D eigenvalue weighted by Gasteiger charge is -2.34. The van der Waals surface area contributed by atoms with Crippen molar-refractivity contribution >= 4 is 17.7 Å². The fourth-order valence-corrected chi connectivity index (χ4v) is 3.06. The van der Waals surface area contributed by atoms with Crippen LogP contribution in [0.5, 0.6) is 0 Å². The summed E-state index contributed by atoms with van der Waals surface area (Å²) in [4.78, 5) is 25.8. The minimum atomic E-state index is -0.477. The average molecular weight is 362 g/mol. The van der Waals surface area contributed by atoms with E-state index in [0.717, 1.165) is 24.1 Å². The zero-order valence-corrected chi connectivity index (χ0v) is 16.4. The van der Waals surface area contributed by atoms with E-state index in [-0.39, 0.29) is 24.0 Å². The summed E-state index contributed by atoms with van der Waals surface area (Å²) in [5, 5.41) is 3.53. The number of carbonyl (C=O) groups excluding carboxylic acids is 2. The zero-order chi connectivity index (χ0) is 19.3. The number of para-hydroxylation sites is 1. The number of amides is 1. The van der Waals surface area contributed by atoms with Gasteiger partial charge in [-0.3, -0.25) is 4.79 Å². The molecule has 1 unspecified atom stereocenters. The highest BCUT2D eigenvalue weighted by Crippen LogP contribution is 2.27. The molecule has 0 radical (unpaired) electrons. The summed E-state index contributed by atoms with van der Waals surface area (Å²) < 4.78 is 10.3. The molecule has 0 aliphatic carbocycles. The van der Waals surface area contributed by atoms with Crippen molar-refractivity contribution in [1.29, 1.82) is 0 Å². The van der Waals surface area contributed by atoms with E-state index in [2.05, 4.69) is 5.32 Å². The van der Waals surface area contributed by atoms with E-state index in [1.807, 2.05) is 52.0 Å². The summed E-state index contributed by atoms with van der Waals surface area (Å²) in [5.41, 5.74) is 1.39. The van der Waals surface area contributed by atoms with Crippen molar-refractivity contribution in [3.63, 3.8) is 0 Å². The quantitative estimate of drug-likeness (QED) is 0.826. The van der Waals surface area contributed by atoms with Gasteiger partial charge in [0.2, 0.25) is 0 Å². The third-order valence-electron chi connectivity index (χ3n) is 4.49. The predicted molar refractivity (Wildman–Crippen MR) is 101 cm³/mol. The second kappa shape index (κ2) is 8.43. The lowest BCUT2D eigenvalue weighted by molar-refractivity contribution is -0.141. The number of ether oxygens (including phenoxy) is 2. The fraction of sp³-hybridized carbons (Fsp3) is 0.600. The van der Waals surface area contributed by atoms with Crippen LogP contribution >= 0.6 is 0 Å². The minimum absolute atomic E-state index is 0.250. The van der Waals surface area contributed by atoms with Crippen LogP contribution in [0.1, 0.15) is 52.0 Å². The fourth-order valence-electron chi connectivity index (χ4n) is 3.06. The molecule has 1 aromatic rings. The number of piperidine rings is 1. The summed E-state index contributed by atoms with van der Waals surface area (Å²) >= 11 is 0. The van der Waals surface area contributed by atoms with E-state index < -0.39 is 5.60 Å². The van der Waals surface area contributed by atoms with Crippen molar-refractivity contribution < 1.29 is 19.1 Å². The molecule has 0 saturated carbocycles. The first-order chi connectivity index (χ1) is 12.2. The SMILES string of the molecule is COC(=O)C(C)c1ccccc1NC1CCN(C(=O)OC(C)(C)C)CC1. The first-order valence-electron chi connectivity index (χ1n) is 9.12. The van der Waals surface area contributed by atoms with Gasteiger partial charge in [-0.1, -0.05) is 18.2 Å². The number of nitrogens with one attached hydrogen (secondary N) is 1. The molecule has 1 N–H and O–H groups in total.